The normalized spacial score (nSPS) is 22.2. The fourth-order valence-corrected chi connectivity index (χ4v) is 2.32. The summed E-state index contributed by atoms with van der Waals surface area (Å²) in [5.41, 5.74) is 0.244. The zero-order valence-corrected chi connectivity index (χ0v) is 10.6. The van der Waals surface area contributed by atoms with Gasteiger partial charge in [-0.1, -0.05) is 20.8 Å². The Labute approximate surface area is 94.7 Å². The lowest BCUT2D eigenvalue weighted by Crippen LogP contribution is -2.42. The highest BCUT2D eigenvalue weighted by atomic mass is 16.3. The molecule has 1 fully saturated rings. The molecule has 0 aromatic rings. The molecule has 1 heterocycles. The molecule has 15 heavy (non-hydrogen) atoms. The lowest BCUT2D eigenvalue weighted by molar-refractivity contribution is 0.0395. The van der Waals surface area contributed by atoms with E-state index in [1.54, 1.807) is 0 Å². The molecule has 0 aliphatic carbocycles. The van der Waals surface area contributed by atoms with Gasteiger partial charge in [0.1, 0.15) is 0 Å². The minimum atomic E-state index is 0.244. The molecule has 0 saturated carbocycles. The van der Waals surface area contributed by atoms with Crippen LogP contribution < -0.4 is 0 Å². The molecule has 0 spiro atoms. The van der Waals surface area contributed by atoms with Crippen LogP contribution in [0.5, 0.6) is 0 Å². The Hall–Kier alpha value is -0.0800. The molecule has 90 valence electrons. The Morgan fingerprint density at radius 1 is 1.27 bits per heavy atom. The van der Waals surface area contributed by atoms with Gasteiger partial charge < -0.3 is 10.0 Å². The second-order valence-corrected chi connectivity index (χ2v) is 5.54. The molecule has 1 aliphatic rings. The molecule has 1 N–H and O–H groups in total. The van der Waals surface area contributed by atoms with E-state index in [-0.39, 0.29) is 5.41 Å². The third-order valence-electron chi connectivity index (χ3n) is 4.02. The van der Waals surface area contributed by atoms with E-state index in [4.69, 9.17) is 0 Å². The van der Waals surface area contributed by atoms with Gasteiger partial charge in [0.15, 0.2) is 0 Å². The van der Waals surface area contributed by atoms with Crippen LogP contribution in [0.3, 0.4) is 0 Å². The summed E-state index contributed by atoms with van der Waals surface area (Å²) in [5, 5.41) is 9.43. The fraction of sp³-hybridized carbons (Fsp3) is 1.00. The fourth-order valence-electron chi connectivity index (χ4n) is 2.32. The molecule has 2 heteroatoms. The first-order valence-electron chi connectivity index (χ1n) is 6.45. The van der Waals surface area contributed by atoms with Gasteiger partial charge in [0.25, 0.3) is 0 Å². The number of aliphatic hydroxyl groups is 1. The molecule has 0 bridgehead atoms. The van der Waals surface area contributed by atoms with Crippen LogP contribution in [0.2, 0.25) is 0 Å². The Morgan fingerprint density at radius 3 is 2.27 bits per heavy atom. The minimum absolute atomic E-state index is 0.244. The molecule has 1 rings (SSSR count). The van der Waals surface area contributed by atoms with Crippen molar-refractivity contribution in [2.45, 2.75) is 46.5 Å². The Balaban J connectivity index is 2.28. The average Bonchev–Trinajstić information content (AvgIpc) is 2.27. The monoisotopic (exact) mass is 213 g/mol. The maximum Gasteiger partial charge on any atom is 0.0488 e. The van der Waals surface area contributed by atoms with Gasteiger partial charge >= 0.3 is 0 Å². The van der Waals surface area contributed by atoms with Crippen LogP contribution >= 0.6 is 0 Å². The molecule has 0 aromatic heterocycles. The third-order valence-corrected chi connectivity index (χ3v) is 4.02. The predicted octanol–water partition coefficient (Wildman–Crippen LogP) is 2.52. The molecular formula is C13H27NO. The lowest BCUT2D eigenvalue weighted by Gasteiger charge is -2.40. The van der Waals surface area contributed by atoms with Crippen LogP contribution in [-0.4, -0.2) is 36.2 Å². The van der Waals surface area contributed by atoms with E-state index >= 15 is 0 Å². The van der Waals surface area contributed by atoms with Gasteiger partial charge in [0, 0.05) is 6.61 Å². The summed E-state index contributed by atoms with van der Waals surface area (Å²) in [6.07, 6.45) is 4.79. The van der Waals surface area contributed by atoms with E-state index in [2.05, 4.69) is 25.7 Å². The molecule has 0 atom stereocenters. The summed E-state index contributed by atoms with van der Waals surface area (Å²) in [4.78, 5) is 2.56. The highest BCUT2D eigenvalue weighted by molar-refractivity contribution is 4.84. The maximum absolute atomic E-state index is 9.43. The van der Waals surface area contributed by atoms with Crippen LogP contribution in [0, 0.1) is 11.3 Å². The topological polar surface area (TPSA) is 23.5 Å². The van der Waals surface area contributed by atoms with Gasteiger partial charge in [0.2, 0.25) is 0 Å². The Kier molecular flexibility index (Phi) is 5.07. The first kappa shape index (κ1) is 13.0. The summed E-state index contributed by atoms with van der Waals surface area (Å²) in [7, 11) is 0. The van der Waals surface area contributed by atoms with E-state index in [9.17, 15) is 5.11 Å². The summed E-state index contributed by atoms with van der Waals surface area (Å²) in [5.74, 6) is 0.806. The molecule has 0 aromatic carbocycles. The molecule has 2 nitrogen and oxygen atoms in total. The van der Waals surface area contributed by atoms with Crippen molar-refractivity contribution in [1.82, 2.24) is 4.90 Å². The summed E-state index contributed by atoms with van der Waals surface area (Å²) in [6, 6.07) is 0. The maximum atomic E-state index is 9.43. The van der Waals surface area contributed by atoms with Crippen LogP contribution in [0.4, 0.5) is 0 Å². The number of hydrogen-bond donors (Lipinski definition) is 1. The summed E-state index contributed by atoms with van der Waals surface area (Å²) in [6.45, 7) is 10.8. The SMILES string of the molecule is CCC1(CO)CCN(CCC(C)C)CC1. The highest BCUT2D eigenvalue weighted by Crippen LogP contribution is 2.34. The molecular weight excluding hydrogens is 186 g/mol. The first-order valence-corrected chi connectivity index (χ1v) is 6.45. The van der Waals surface area contributed by atoms with Crippen LogP contribution in [0.25, 0.3) is 0 Å². The summed E-state index contributed by atoms with van der Waals surface area (Å²) < 4.78 is 0. The van der Waals surface area contributed by atoms with Crippen LogP contribution in [0.1, 0.15) is 46.5 Å². The van der Waals surface area contributed by atoms with Crippen molar-refractivity contribution in [3.8, 4) is 0 Å². The molecule has 1 saturated heterocycles. The number of piperidine rings is 1. The highest BCUT2D eigenvalue weighted by Gasteiger charge is 2.31. The number of nitrogens with zero attached hydrogens (tertiary/aromatic N) is 1. The van der Waals surface area contributed by atoms with Crippen molar-refractivity contribution in [1.29, 1.82) is 0 Å². The van der Waals surface area contributed by atoms with Gasteiger partial charge in [-0.2, -0.15) is 0 Å². The Bertz CT molecular complexity index is 165. The smallest absolute Gasteiger partial charge is 0.0488 e. The van der Waals surface area contributed by atoms with Crippen molar-refractivity contribution in [2.75, 3.05) is 26.2 Å². The second kappa shape index (κ2) is 5.86. The third kappa shape index (κ3) is 3.76. The predicted molar refractivity (Wildman–Crippen MR) is 64.9 cm³/mol. The largest absolute Gasteiger partial charge is 0.396 e. The molecule has 0 unspecified atom stereocenters. The van der Waals surface area contributed by atoms with Gasteiger partial charge in [-0.3, -0.25) is 0 Å². The number of aliphatic hydroxyl groups excluding tert-OH is 1. The van der Waals surface area contributed by atoms with E-state index in [1.165, 1.54) is 38.9 Å². The van der Waals surface area contributed by atoms with Gasteiger partial charge in [-0.25, -0.2) is 0 Å². The van der Waals surface area contributed by atoms with Crippen molar-refractivity contribution >= 4 is 0 Å². The zero-order valence-electron chi connectivity index (χ0n) is 10.6. The van der Waals surface area contributed by atoms with E-state index in [0.717, 1.165) is 12.3 Å². The average molecular weight is 213 g/mol. The van der Waals surface area contributed by atoms with Crippen molar-refractivity contribution in [3.63, 3.8) is 0 Å². The minimum Gasteiger partial charge on any atom is -0.396 e. The van der Waals surface area contributed by atoms with Crippen molar-refractivity contribution < 1.29 is 5.11 Å². The van der Waals surface area contributed by atoms with Gasteiger partial charge in [-0.05, 0) is 56.7 Å². The first-order chi connectivity index (χ1) is 7.12. The molecule has 1 aliphatic heterocycles. The van der Waals surface area contributed by atoms with E-state index in [0.29, 0.717) is 6.61 Å². The van der Waals surface area contributed by atoms with Crippen molar-refractivity contribution in [3.05, 3.63) is 0 Å². The summed E-state index contributed by atoms with van der Waals surface area (Å²) >= 11 is 0. The quantitative estimate of drug-likeness (QED) is 0.758. The number of rotatable bonds is 5. The molecule has 0 radical (unpaired) electrons. The van der Waals surface area contributed by atoms with E-state index in [1.807, 2.05) is 0 Å². The van der Waals surface area contributed by atoms with Crippen LogP contribution in [-0.2, 0) is 0 Å². The molecule has 0 amide bonds. The Morgan fingerprint density at radius 2 is 1.87 bits per heavy atom. The van der Waals surface area contributed by atoms with Gasteiger partial charge in [-0.15, -0.1) is 0 Å². The van der Waals surface area contributed by atoms with Crippen LogP contribution in [0.15, 0.2) is 0 Å². The lowest BCUT2D eigenvalue weighted by atomic mass is 9.77. The standard InChI is InChI=1S/C13H27NO/c1-4-13(11-15)6-9-14(10-7-13)8-5-12(2)3/h12,15H,4-11H2,1-3H3. The van der Waals surface area contributed by atoms with E-state index < -0.39 is 0 Å². The second-order valence-electron chi connectivity index (χ2n) is 5.54. The zero-order chi connectivity index (χ0) is 11.3. The number of likely N-dealkylation sites (tertiary alicyclic amines) is 1. The number of hydrogen-bond acceptors (Lipinski definition) is 2. The van der Waals surface area contributed by atoms with Crippen molar-refractivity contribution in [2.24, 2.45) is 11.3 Å². The van der Waals surface area contributed by atoms with Gasteiger partial charge in [0.05, 0.1) is 0 Å².